The maximum Gasteiger partial charge on any atom is 0.274 e. The molecule has 2 aromatic rings. The summed E-state index contributed by atoms with van der Waals surface area (Å²) in [6.45, 7) is 9.77. The third kappa shape index (κ3) is 1.94. The molecule has 6 nitrogen and oxygen atoms in total. The molecule has 0 bridgehead atoms. The van der Waals surface area contributed by atoms with E-state index in [1.807, 2.05) is 13.8 Å². The molecule has 0 aliphatic carbocycles. The highest BCUT2D eigenvalue weighted by Crippen LogP contribution is 2.21. The molecule has 0 radical (unpaired) electrons. The summed E-state index contributed by atoms with van der Waals surface area (Å²) >= 11 is 0. The molecule has 0 atom stereocenters. The van der Waals surface area contributed by atoms with Crippen molar-refractivity contribution in [3.05, 3.63) is 33.0 Å². The van der Waals surface area contributed by atoms with E-state index >= 15 is 0 Å². The fraction of sp³-hybridized carbons (Fsp3) is 0.500. The van der Waals surface area contributed by atoms with Crippen LogP contribution in [0.5, 0.6) is 0 Å². The van der Waals surface area contributed by atoms with E-state index in [2.05, 4.69) is 34.1 Å². The number of hydrogen-bond acceptors (Lipinski definition) is 4. The molecule has 0 amide bonds. The summed E-state index contributed by atoms with van der Waals surface area (Å²) in [6.07, 6.45) is 0. The zero-order chi connectivity index (χ0) is 13.4. The molecule has 6 heteroatoms. The van der Waals surface area contributed by atoms with Gasteiger partial charge in [-0.25, -0.2) is 4.68 Å². The first-order valence-corrected chi connectivity index (χ1v) is 5.92. The fourth-order valence-corrected chi connectivity index (χ4v) is 1.84. The van der Waals surface area contributed by atoms with Crippen LogP contribution in [0.15, 0.2) is 4.79 Å². The van der Waals surface area contributed by atoms with Crippen LogP contribution in [0, 0.1) is 20.8 Å². The number of H-pyrrole nitrogens is 1. The van der Waals surface area contributed by atoms with Gasteiger partial charge in [-0.2, -0.15) is 5.10 Å². The van der Waals surface area contributed by atoms with Gasteiger partial charge in [0.1, 0.15) is 5.69 Å². The summed E-state index contributed by atoms with van der Waals surface area (Å²) in [5.41, 5.74) is 3.21. The van der Waals surface area contributed by atoms with Crippen LogP contribution in [0.3, 0.4) is 0 Å². The standard InChI is InChI=1S/C12H17N5O/c1-6(2)10-7(3)9(5)17(16-10)12-13-11(18)8(4)14-15-12/h6H,1-5H3,(H,13,15,18). The Balaban J connectivity index is 2.61. The second kappa shape index (κ2) is 4.36. The molecule has 18 heavy (non-hydrogen) atoms. The van der Waals surface area contributed by atoms with Crippen molar-refractivity contribution in [2.75, 3.05) is 0 Å². The second-order valence-electron chi connectivity index (χ2n) is 4.73. The topological polar surface area (TPSA) is 76.5 Å². The summed E-state index contributed by atoms with van der Waals surface area (Å²) in [7, 11) is 0. The van der Waals surface area contributed by atoms with Crippen LogP contribution < -0.4 is 5.56 Å². The lowest BCUT2D eigenvalue weighted by atomic mass is 10.1. The lowest BCUT2D eigenvalue weighted by molar-refractivity contribution is 0.705. The number of aryl methyl sites for hydroxylation is 1. The van der Waals surface area contributed by atoms with Crippen LogP contribution >= 0.6 is 0 Å². The van der Waals surface area contributed by atoms with E-state index in [1.54, 1.807) is 11.6 Å². The van der Waals surface area contributed by atoms with Gasteiger partial charge in [-0.3, -0.25) is 9.78 Å². The van der Waals surface area contributed by atoms with Gasteiger partial charge in [-0.15, -0.1) is 10.2 Å². The first-order valence-electron chi connectivity index (χ1n) is 5.92. The lowest BCUT2D eigenvalue weighted by Crippen LogP contribution is -2.18. The van der Waals surface area contributed by atoms with Crippen molar-refractivity contribution in [2.24, 2.45) is 0 Å². The Bertz CT molecular complexity index is 638. The largest absolute Gasteiger partial charge is 0.288 e. The third-order valence-corrected chi connectivity index (χ3v) is 3.05. The van der Waals surface area contributed by atoms with Gasteiger partial charge in [-0.05, 0) is 32.3 Å². The molecule has 2 heterocycles. The molecule has 96 valence electrons. The number of rotatable bonds is 2. The summed E-state index contributed by atoms with van der Waals surface area (Å²) in [6, 6.07) is 0. The highest BCUT2D eigenvalue weighted by Gasteiger charge is 2.16. The quantitative estimate of drug-likeness (QED) is 0.870. The van der Waals surface area contributed by atoms with E-state index in [-0.39, 0.29) is 5.56 Å². The Hall–Kier alpha value is -1.98. The highest BCUT2D eigenvalue weighted by molar-refractivity contribution is 5.30. The Morgan fingerprint density at radius 3 is 2.33 bits per heavy atom. The van der Waals surface area contributed by atoms with Crippen molar-refractivity contribution < 1.29 is 0 Å². The molecule has 0 unspecified atom stereocenters. The van der Waals surface area contributed by atoms with Gasteiger partial charge in [0.05, 0.1) is 5.69 Å². The van der Waals surface area contributed by atoms with Gasteiger partial charge < -0.3 is 0 Å². The van der Waals surface area contributed by atoms with Crippen LogP contribution in [0.2, 0.25) is 0 Å². The molecule has 1 N–H and O–H groups in total. The van der Waals surface area contributed by atoms with Crippen molar-refractivity contribution in [3.8, 4) is 5.95 Å². The summed E-state index contributed by atoms with van der Waals surface area (Å²) in [5, 5.41) is 12.3. The smallest absolute Gasteiger partial charge is 0.274 e. The van der Waals surface area contributed by atoms with Gasteiger partial charge >= 0.3 is 0 Å². The highest BCUT2D eigenvalue weighted by atomic mass is 16.1. The van der Waals surface area contributed by atoms with E-state index in [0.717, 1.165) is 17.0 Å². The van der Waals surface area contributed by atoms with E-state index < -0.39 is 0 Å². The second-order valence-corrected chi connectivity index (χ2v) is 4.73. The van der Waals surface area contributed by atoms with Gasteiger partial charge in [0.15, 0.2) is 0 Å². The molecule has 2 aromatic heterocycles. The zero-order valence-electron chi connectivity index (χ0n) is 11.3. The van der Waals surface area contributed by atoms with Crippen molar-refractivity contribution in [2.45, 2.75) is 40.5 Å². The van der Waals surface area contributed by atoms with Gasteiger partial charge in [0, 0.05) is 5.69 Å². The monoisotopic (exact) mass is 247 g/mol. The van der Waals surface area contributed by atoms with Crippen molar-refractivity contribution >= 4 is 0 Å². The maximum absolute atomic E-state index is 11.6. The van der Waals surface area contributed by atoms with Crippen molar-refractivity contribution in [1.29, 1.82) is 0 Å². The molecule has 2 rings (SSSR count). The maximum atomic E-state index is 11.6. The minimum Gasteiger partial charge on any atom is -0.288 e. The average Bonchev–Trinajstić information content (AvgIpc) is 2.60. The Labute approximate surface area is 105 Å². The zero-order valence-corrected chi connectivity index (χ0v) is 11.3. The average molecular weight is 247 g/mol. The summed E-state index contributed by atoms with van der Waals surface area (Å²) in [5.74, 6) is 0.688. The van der Waals surface area contributed by atoms with Gasteiger partial charge in [-0.1, -0.05) is 13.8 Å². The van der Waals surface area contributed by atoms with Crippen LogP contribution in [0.4, 0.5) is 0 Å². The number of nitrogens with zero attached hydrogens (tertiary/aromatic N) is 4. The van der Waals surface area contributed by atoms with Crippen LogP contribution in [-0.2, 0) is 0 Å². The molecule has 0 aliphatic heterocycles. The summed E-state index contributed by atoms with van der Waals surface area (Å²) in [4.78, 5) is 14.2. The Morgan fingerprint density at radius 2 is 1.83 bits per heavy atom. The molecule has 0 saturated carbocycles. The molecule has 0 aliphatic rings. The minimum atomic E-state index is -0.237. The predicted molar refractivity (Wildman–Crippen MR) is 68.1 cm³/mol. The lowest BCUT2D eigenvalue weighted by Gasteiger charge is -2.02. The number of nitrogens with one attached hydrogen (secondary N) is 1. The number of aromatic amines is 1. The first-order chi connectivity index (χ1) is 8.41. The van der Waals surface area contributed by atoms with Crippen molar-refractivity contribution in [1.82, 2.24) is 25.0 Å². The summed E-state index contributed by atoms with van der Waals surface area (Å²) < 4.78 is 1.64. The molecule has 0 saturated heterocycles. The first kappa shape index (κ1) is 12.5. The molecular formula is C12H17N5O. The van der Waals surface area contributed by atoms with Crippen LogP contribution in [0.25, 0.3) is 5.95 Å². The van der Waals surface area contributed by atoms with E-state index in [4.69, 9.17) is 0 Å². The van der Waals surface area contributed by atoms with Gasteiger partial charge in [0.25, 0.3) is 11.5 Å². The van der Waals surface area contributed by atoms with E-state index in [9.17, 15) is 4.79 Å². The predicted octanol–water partition coefficient (Wildman–Crippen LogP) is 1.40. The normalized spacial score (nSPS) is 11.2. The Kier molecular flexibility index (Phi) is 3.02. The van der Waals surface area contributed by atoms with Crippen LogP contribution in [-0.4, -0.2) is 25.0 Å². The van der Waals surface area contributed by atoms with E-state index in [0.29, 0.717) is 17.6 Å². The third-order valence-electron chi connectivity index (χ3n) is 3.05. The van der Waals surface area contributed by atoms with Gasteiger partial charge in [0.2, 0.25) is 0 Å². The Morgan fingerprint density at radius 1 is 1.17 bits per heavy atom. The number of aromatic nitrogens is 5. The molecule has 0 fully saturated rings. The molecule has 0 spiro atoms. The molecule has 0 aromatic carbocycles. The molecular weight excluding hydrogens is 230 g/mol. The van der Waals surface area contributed by atoms with Crippen LogP contribution in [0.1, 0.15) is 42.4 Å². The van der Waals surface area contributed by atoms with Crippen molar-refractivity contribution in [3.63, 3.8) is 0 Å². The fourth-order valence-electron chi connectivity index (χ4n) is 1.84. The number of hydrogen-bond donors (Lipinski definition) is 1. The SMILES string of the molecule is Cc1c(C(C)C)nn(-c2nnc(C)c(=O)[nH]2)c1C. The van der Waals surface area contributed by atoms with E-state index in [1.165, 1.54) is 0 Å². The minimum absolute atomic E-state index is 0.237.